The van der Waals surface area contributed by atoms with Crippen LogP contribution < -0.4 is 0 Å². The van der Waals surface area contributed by atoms with Crippen LogP contribution in [0.5, 0.6) is 0 Å². The van der Waals surface area contributed by atoms with E-state index in [4.69, 9.17) is 4.42 Å². The summed E-state index contributed by atoms with van der Waals surface area (Å²) in [4.78, 5) is 0. The summed E-state index contributed by atoms with van der Waals surface area (Å²) in [5.41, 5.74) is 12.7. The number of hydrogen-bond acceptors (Lipinski definition) is 1. The van der Waals surface area contributed by atoms with E-state index in [1.807, 2.05) is 6.07 Å². The van der Waals surface area contributed by atoms with Crippen LogP contribution in [0, 0.1) is 0 Å². The van der Waals surface area contributed by atoms with Gasteiger partial charge in [-0.2, -0.15) is 0 Å². The highest BCUT2D eigenvalue weighted by Gasteiger charge is 2.22. The molecule has 0 bridgehead atoms. The van der Waals surface area contributed by atoms with Gasteiger partial charge < -0.3 is 4.42 Å². The van der Waals surface area contributed by atoms with Gasteiger partial charge in [0.05, 0.1) is 0 Å². The second-order valence-corrected chi connectivity index (χ2v) is 16.1. The maximum absolute atomic E-state index is 6.62. The van der Waals surface area contributed by atoms with E-state index in [-0.39, 0.29) is 5.41 Å². The Hall–Kier alpha value is -6.70. The summed E-state index contributed by atoms with van der Waals surface area (Å²) in [5, 5.41) is 12.5. The molecular formula is C54H38O. The van der Waals surface area contributed by atoms with Crippen LogP contribution in [0.2, 0.25) is 0 Å². The molecule has 260 valence electrons. The van der Waals surface area contributed by atoms with Gasteiger partial charge in [0.1, 0.15) is 11.2 Å². The van der Waals surface area contributed by atoms with Crippen LogP contribution in [-0.2, 0) is 5.41 Å². The van der Waals surface area contributed by atoms with Gasteiger partial charge in [-0.3, -0.25) is 0 Å². The van der Waals surface area contributed by atoms with E-state index in [1.54, 1.807) is 0 Å². The zero-order valence-electron chi connectivity index (χ0n) is 31.2. The van der Waals surface area contributed by atoms with Crippen molar-refractivity contribution in [2.75, 3.05) is 0 Å². The summed E-state index contributed by atoms with van der Waals surface area (Å²) < 4.78 is 6.62. The Balaban J connectivity index is 1.25. The van der Waals surface area contributed by atoms with Crippen molar-refractivity contribution in [3.05, 3.63) is 181 Å². The minimum Gasteiger partial charge on any atom is -0.455 e. The van der Waals surface area contributed by atoms with Gasteiger partial charge in [0, 0.05) is 16.3 Å². The van der Waals surface area contributed by atoms with E-state index in [1.165, 1.54) is 82.0 Å². The fourth-order valence-electron chi connectivity index (χ4n) is 8.89. The SMILES string of the molecule is CC(C)(C)c1cc2ccc3c(-c4cc(-c5ccccc5)cc(-c5cccc6c5oc5ccccc56)c4)cc(-c4ccc5ccccc5c4)c4ccc(c1)c2c34. The molecule has 1 heteroatoms. The molecule has 1 nitrogen and oxygen atoms in total. The highest BCUT2D eigenvalue weighted by molar-refractivity contribution is 6.28. The van der Waals surface area contributed by atoms with E-state index >= 15 is 0 Å². The number of furan rings is 1. The Morgan fingerprint density at radius 3 is 1.73 bits per heavy atom. The van der Waals surface area contributed by atoms with Crippen LogP contribution in [0.3, 0.4) is 0 Å². The molecule has 10 aromatic carbocycles. The first-order chi connectivity index (χ1) is 26.9. The summed E-state index contributed by atoms with van der Waals surface area (Å²) >= 11 is 0. The van der Waals surface area contributed by atoms with Gasteiger partial charge >= 0.3 is 0 Å². The van der Waals surface area contributed by atoms with Crippen LogP contribution in [0.1, 0.15) is 26.3 Å². The van der Waals surface area contributed by atoms with Crippen molar-refractivity contribution in [2.45, 2.75) is 26.2 Å². The normalized spacial score (nSPS) is 12.3. The Labute approximate surface area is 320 Å². The number of para-hydroxylation sites is 2. The first kappa shape index (κ1) is 31.8. The van der Waals surface area contributed by atoms with Gasteiger partial charge in [0.25, 0.3) is 0 Å². The molecule has 0 aliphatic carbocycles. The van der Waals surface area contributed by atoms with Crippen LogP contribution >= 0.6 is 0 Å². The summed E-state index contributed by atoms with van der Waals surface area (Å²) in [6.07, 6.45) is 0. The molecule has 1 heterocycles. The van der Waals surface area contributed by atoms with Crippen molar-refractivity contribution in [1.29, 1.82) is 0 Å². The second-order valence-electron chi connectivity index (χ2n) is 16.1. The largest absolute Gasteiger partial charge is 0.455 e. The molecule has 0 aliphatic rings. The van der Waals surface area contributed by atoms with Crippen molar-refractivity contribution in [2.24, 2.45) is 0 Å². The fourth-order valence-corrected chi connectivity index (χ4v) is 8.89. The van der Waals surface area contributed by atoms with E-state index in [9.17, 15) is 0 Å². The third-order valence-electron chi connectivity index (χ3n) is 11.7. The molecule has 55 heavy (non-hydrogen) atoms. The standard InChI is InChI=1S/C54H38O/c1-54(2,3)42-30-37-22-24-45-48(36-21-20-34-14-7-8-15-35(34)26-36)32-49(46-25-23-38(31-42)51(37)52(45)46)41-28-39(33-12-5-4-6-13-33)27-40(29-41)43-17-11-18-47-44-16-9-10-19-50(44)55-53(43)47/h4-32H,1-3H3. The molecule has 0 N–H and O–H groups in total. The van der Waals surface area contributed by atoms with E-state index in [0.29, 0.717) is 0 Å². The van der Waals surface area contributed by atoms with Gasteiger partial charge in [-0.15, -0.1) is 0 Å². The van der Waals surface area contributed by atoms with Crippen molar-refractivity contribution in [1.82, 2.24) is 0 Å². The maximum Gasteiger partial charge on any atom is 0.143 e. The average molecular weight is 703 g/mol. The highest BCUT2D eigenvalue weighted by Crippen LogP contribution is 2.47. The summed E-state index contributed by atoms with van der Waals surface area (Å²) in [6, 6.07) is 65.0. The Morgan fingerprint density at radius 2 is 0.964 bits per heavy atom. The first-order valence-corrected chi connectivity index (χ1v) is 19.2. The molecule has 0 spiro atoms. The molecule has 0 amide bonds. The molecule has 0 radical (unpaired) electrons. The zero-order valence-corrected chi connectivity index (χ0v) is 31.2. The van der Waals surface area contributed by atoms with Crippen LogP contribution in [0.4, 0.5) is 0 Å². The molecule has 11 rings (SSSR count). The molecule has 0 aliphatic heterocycles. The van der Waals surface area contributed by atoms with E-state index in [0.717, 1.165) is 33.1 Å². The zero-order chi connectivity index (χ0) is 36.8. The summed E-state index contributed by atoms with van der Waals surface area (Å²) in [5.74, 6) is 0. The van der Waals surface area contributed by atoms with Crippen molar-refractivity contribution >= 4 is 65.0 Å². The molecule has 0 unspecified atom stereocenters. The summed E-state index contributed by atoms with van der Waals surface area (Å²) in [7, 11) is 0. The van der Waals surface area contributed by atoms with Gasteiger partial charge in [-0.05, 0) is 129 Å². The van der Waals surface area contributed by atoms with Crippen molar-refractivity contribution in [3.63, 3.8) is 0 Å². The monoisotopic (exact) mass is 702 g/mol. The third kappa shape index (κ3) is 5.07. The molecule has 0 saturated carbocycles. The Morgan fingerprint density at radius 1 is 0.345 bits per heavy atom. The quantitative estimate of drug-likeness (QED) is 0.166. The molecule has 0 saturated heterocycles. The molecule has 0 fully saturated rings. The lowest BCUT2D eigenvalue weighted by atomic mass is 9.81. The van der Waals surface area contributed by atoms with Gasteiger partial charge in [0.15, 0.2) is 0 Å². The molecule has 11 aromatic rings. The van der Waals surface area contributed by atoms with E-state index in [2.05, 4.69) is 191 Å². The summed E-state index contributed by atoms with van der Waals surface area (Å²) in [6.45, 7) is 6.91. The second kappa shape index (κ2) is 11.9. The maximum atomic E-state index is 6.62. The predicted octanol–water partition coefficient (Wildman–Crippen LogP) is 15.6. The lowest BCUT2D eigenvalue weighted by Gasteiger charge is -2.23. The Bertz CT molecular complexity index is 3260. The molecule has 1 aromatic heterocycles. The van der Waals surface area contributed by atoms with Crippen molar-refractivity contribution < 1.29 is 4.42 Å². The number of fused-ring (bicyclic) bond motifs is 4. The van der Waals surface area contributed by atoms with Gasteiger partial charge in [-0.25, -0.2) is 0 Å². The first-order valence-electron chi connectivity index (χ1n) is 19.2. The van der Waals surface area contributed by atoms with Crippen LogP contribution in [-0.4, -0.2) is 0 Å². The molecular weight excluding hydrogens is 665 g/mol. The topological polar surface area (TPSA) is 13.1 Å². The molecule has 0 atom stereocenters. The number of hydrogen-bond donors (Lipinski definition) is 0. The minimum atomic E-state index is 0.0445. The van der Waals surface area contributed by atoms with E-state index < -0.39 is 0 Å². The lowest BCUT2D eigenvalue weighted by molar-refractivity contribution is 0.591. The number of rotatable bonds is 4. The predicted molar refractivity (Wildman–Crippen MR) is 235 cm³/mol. The van der Waals surface area contributed by atoms with Gasteiger partial charge in [0.2, 0.25) is 0 Å². The van der Waals surface area contributed by atoms with Crippen LogP contribution in [0.15, 0.2) is 180 Å². The van der Waals surface area contributed by atoms with Crippen molar-refractivity contribution in [3.8, 4) is 44.5 Å². The highest BCUT2D eigenvalue weighted by atomic mass is 16.3. The average Bonchev–Trinajstić information content (AvgIpc) is 3.61. The van der Waals surface area contributed by atoms with Gasteiger partial charge in [-0.1, -0.05) is 160 Å². The lowest BCUT2D eigenvalue weighted by Crippen LogP contribution is -2.10. The smallest absolute Gasteiger partial charge is 0.143 e. The van der Waals surface area contributed by atoms with Crippen LogP contribution in [0.25, 0.3) is 110 Å². The Kier molecular flexibility index (Phi) is 6.88. The fraction of sp³-hybridized carbons (Fsp3) is 0.0741. The number of benzene rings is 10. The minimum absolute atomic E-state index is 0.0445. The third-order valence-corrected chi connectivity index (χ3v) is 11.7.